The zero-order chi connectivity index (χ0) is 16.8. The van der Waals surface area contributed by atoms with Crippen molar-refractivity contribution in [2.24, 2.45) is 0 Å². The zero-order valence-electron chi connectivity index (χ0n) is 13.2. The molecule has 0 atom stereocenters. The number of nitrogens with zero attached hydrogens (tertiary/aromatic N) is 2. The number of benzene rings is 2. The van der Waals surface area contributed by atoms with E-state index < -0.39 is 0 Å². The summed E-state index contributed by atoms with van der Waals surface area (Å²) in [5, 5.41) is 10.5. The van der Waals surface area contributed by atoms with Gasteiger partial charge in [-0.15, -0.1) is 10.2 Å². The highest BCUT2D eigenvalue weighted by molar-refractivity contribution is 5.89. The Kier molecular flexibility index (Phi) is 4.86. The van der Waals surface area contributed by atoms with Crippen LogP contribution in [0.4, 0.5) is 0 Å². The number of methoxy groups -OCH3 is 1. The van der Waals surface area contributed by atoms with Crippen LogP contribution in [0.2, 0.25) is 0 Å². The van der Waals surface area contributed by atoms with Gasteiger partial charge in [-0.05, 0) is 36.2 Å². The number of carbonyl (C=O) groups is 1. The lowest BCUT2D eigenvalue weighted by Gasteiger charge is -2.02. The molecule has 122 valence electrons. The Morgan fingerprint density at radius 2 is 1.83 bits per heavy atom. The molecule has 1 amide bonds. The van der Waals surface area contributed by atoms with Crippen LogP contribution in [0.15, 0.2) is 59.0 Å². The number of carbonyl (C=O) groups excluding carboxylic acids is 1. The first-order valence-corrected chi connectivity index (χ1v) is 7.56. The number of hydrogen-bond acceptors (Lipinski definition) is 5. The van der Waals surface area contributed by atoms with E-state index in [0.29, 0.717) is 12.4 Å². The van der Waals surface area contributed by atoms with E-state index >= 15 is 0 Å². The smallest absolute Gasteiger partial charge is 0.308 e. The summed E-state index contributed by atoms with van der Waals surface area (Å²) in [6, 6.07) is 17.1. The molecule has 0 unspecified atom stereocenters. The van der Waals surface area contributed by atoms with Crippen LogP contribution in [0.1, 0.15) is 16.2 Å². The SMILES string of the molecule is COc1ccc(-c2nnc(C(=O)NCCc3ccccc3)o2)cc1. The molecule has 1 aromatic heterocycles. The first kappa shape index (κ1) is 15.7. The maximum atomic E-state index is 12.1. The van der Waals surface area contributed by atoms with E-state index in [0.717, 1.165) is 23.3 Å². The van der Waals surface area contributed by atoms with Crippen molar-refractivity contribution in [3.63, 3.8) is 0 Å². The van der Waals surface area contributed by atoms with E-state index in [1.54, 1.807) is 31.4 Å². The third-order valence-corrected chi connectivity index (χ3v) is 3.50. The lowest BCUT2D eigenvalue weighted by atomic mass is 10.1. The van der Waals surface area contributed by atoms with Crippen molar-refractivity contribution in [2.75, 3.05) is 13.7 Å². The summed E-state index contributed by atoms with van der Waals surface area (Å²) < 4.78 is 10.5. The molecule has 1 heterocycles. The summed E-state index contributed by atoms with van der Waals surface area (Å²) in [6.07, 6.45) is 0.742. The van der Waals surface area contributed by atoms with Crippen molar-refractivity contribution in [3.8, 4) is 17.2 Å². The van der Waals surface area contributed by atoms with Gasteiger partial charge in [0.1, 0.15) is 5.75 Å². The minimum absolute atomic E-state index is 0.0473. The molecule has 0 fully saturated rings. The third kappa shape index (κ3) is 3.78. The highest BCUT2D eigenvalue weighted by atomic mass is 16.5. The van der Waals surface area contributed by atoms with Gasteiger partial charge in [0.05, 0.1) is 7.11 Å². The van der Waals surface area contributed by atoms with Gasteiger partial charge in [-0.3, -0.25) is 4.79 Å². The number of amides is 1. The average molecular weight is 323 g/mol. The quantitative estimate of drug-likeness (QED) is 0.755. The van der Waals surface area contributed by atoms with Gasteiger partial charge in [-0.25, -0.2) is 0 Å². The predicted molar refractivity (Wildman–Crippen MR) is 88.8 cm³/mol. The summed E-state index contributed by atoms with van der Waals surface area (Å²) in [7, 11) is 1.60. The summed E-state index contributed by atoms with van der Waals surface area (Å²) in [6.45, 7) is 0.503. The average Bonchev–Trinajstić information content (AvgIpc) is 3.13. The molecule has 0 spiro atoms. The molecule has 1 N–H and O–H groups in total. The molecule has 0 radical (unpaired) electrons. The van der Waals surface area contributed by atoms with Crippen molar-refractivity contribution in [1.82, 2.24) is 15.5 Å². The van der Waals surface area contributed by atoms with Crippen LogP contribution in [-0.4, -0.2) is 29.8 Å². The highest BCUT2D eigenvalue weighted by Gasteiger charge is 2.15. The first-order chi connectivity index (χ1) is 11.8. The second-order valence-electron chi connectivity index (χ2n) is 5.13. The molecule has 3 rings (SSSR count). The Hall–Kier alpha value is -3.15. The molecule has 3 aromatic rings. The van der Waals surface area contributed by atoms with E-state index in [1.807, 2.05) is 30.3 Å². The fourth-order valence-corrected chi connectivity index (χ4v) is 2.21. The number of rotatable bonds is 6. The van der Waals surface area contributed by atoms with Crippen molar-refractivity contribution in [1.29, 1.82) is 0 Å². The Morgan fingerprint density at radius 3 is 2.54 bits per heavy atom. The summed E-state index contributed by atoms with van der Waals surface area (Å²) in [5.74, 6) is 0.607. The molecule has 6 heteroatoms. The van der Waals surface area contributed by atoms with Crippen LogP contribution >= 0.6 is 0 Å². The molecule has 0 aliphatic heterocycles. The van der Waals surface area contributed by atoms with Crippen molar-refractivity contribution in [3.05, 3.63) is 66.1 Å². The predicted octanol–water partition coefficient (Wildman–Crippen LogP) is 2.72. The molecule has 0 aliphatic rings. The fourth-order valence-electron chi connectivity index (χ4n) is 2.21. The third-order valence-electron chi connectivity index (χ3n) is 3.50. The number of nitrogens with one attached hydrogen (secondary N) is 1. The Bertz CT molecular complexity index is 798. The van der Waals surface area contributed by atoms with Crippen LogP contribution in [0.3, 0.4) is 0 Å². The molecule has 0 saturated heterocycles. The second-order valence-corrected chi connectivity index (χ2v) is 5.13. The monoisotopic (exact) mass is 323 g/mol. The van der Waals surface area contributed by atoms with E-state index in [4.69, 9.17) is 9.15 Å². The Labute approximate surface area is 139 Å². The lowest BCUT2D eigenvalue weighted by Crippen LogP contribution is -2.25. The van der Waals surface area contributed by atoms with E-state index in [-0.39, 0.29) is 11.8 Å². The lowest BCUT2D eigenvalue weighted by molar-refractivity contribution is 0.0920. The van der Waals surface area contributed by atoms with E-state index in [9.17, 15) is 4.79 Å². The molecule has 24 heavy (non-hydrogen) atoms. The minimum atomic E-state index is -0.377. The maximum Gasteiger partial charge on any atom is 0.308 e. The first-order valence-electron chi connectivity index (χ1n) is 7.56. The van der Waals surface area contributed by atoms with Gasteiger partial charge < -0.3 is 14.5 Å². The van der Waals surface area contributed by atoms with Crippen molar-refractivity contribution < 1.29 is 13.9 Å². The Balaban J connectivity index is 1.59. The molecule has 2 aromatic carbocycles. The number of aromatic nitrogens is 2. The molecular weight excluding hydrogens is 306 g/mol. The summed E-state index contributed by atoms with van der Waals surface area (Å²) >= 11 is 0. The van der Waals surface area contributed by atoms with E-state index in [1.165, 1.54) is 0 Å². The van der Waals surface area contributed by atoms with Crippen LogP contribution in [0, 0.1) is 0 Å². The van der Waals surface area contributed by atoms with Crippen LogP contribution in [0.5, 0.6) is 5.75 Å². The van der Waals surface area contributed by atoms with Crippen LogP contribution < -0.4 is 10.1 Å². The van der Waals surface area contributed by atoms with Gasteiger partial charge in [0.25, 0.3) is 0 Å². The van der Waals surface area contributed by atoms with Gasteiger partial charge in [-0.1, -0.05) is 30.3 Å². The molecule has 6 nitrogen and oxygen atoms in total. The van der Waals surface area contributed by atoms with Crippen LogP contribution in [-0.2, 0) is 6.42 Å². The van der Waals surface area contributed by atoms with Crippen LogP contribution in [0.25, 0.3) is 11.5 Å². The molecular formula is C18H17N3O3. The van der Waals surface area contributed by atoms with Crippen molar-refractivity contribution in [2.45, 2.75) is 6.42 Å². The molecule has 0 aliphatic carbocycles. The van der Waals surface area contributed by atoms with Gasteiger partial charge in [0, 0.05) is 12.1 Å². The molecule has 0 saturated carbocycles. The maximum absolute atomic E-state index is 12.1. The molecule has 0 bridgehead atoms. The van der Waals surface area contributed by atoms with Gasteiger partial charge in [0.2, 0.25) is 5.89 Å². The zero-order valence-corrected chi connectivity index (χ0v) is 13.2. The highest BCUT2D eigenvalue weighted by Crippen LogP contribution is 2.21. The number of hydrogen-bond donors (Lipinski definition) is 1. The second kappa shape index (κ2) is 7.41. The van der Waals surface area contributed by atoms with Gasteiger partial charge >= 0.3 is 11.8 Å². The van der Waals surface area contributed by atoms with Gasteiger partial charge in [0.15, 0.2) is 0 Å². The van der Waals surface area contributed by atoms with E-state index in [2.05, 4.69) is 15.5 Å². The topological polar surface area (TPSA) is 77.2 Å². The number of ether oxygens (including phenoxy) is 1. The Morgan fingerprint density at radius 1 is 1.08 bits per heavy atom. The minimum Gasteiger partial charge on any atom is -0.497 e. The van der Waals surface area contributed by atoms with Gasteiger partial charge in [-0.2, -0.15) is 0 Å². The largest absolute Gasteiger partial charge is 0.497 e. The normalized spacial score (nSPS) is 10.4. The van der Waals surface area contributed by atoms with Crippen molar-refractivity contribution >= 4 is 5.91 Å². The standard InChI is InChI=1S/C18H17N3O3/c1-23-15-9-7-14(8-10-15)17-20-21-18(24-17)16(22)19-12-11-13-5-3-2-4-6-13/h2-10H,11-12H2,1H3,(H,19,22). The fraction of sp³-hybridized carbons (Fsp3) is 0.167. The summed E-state index contributed by atoms with van der Waals surface area (Å²) in [5.41, 5.74) is 1.88. The summed E-state index contributed by atoms with van der Waals surface area (Å²) in [4.78, 5) is 12.1.